The summed E-state index contributed by atoms with van der Waals surface area (Å²) in [5.41, 5.74) is 10.1. The van der Waals surface area contributed by atoms with Gasteiger partial charge in [0.2, 0.25) is 0 Å². The summed E-state index contributed by atoms with van der Waals surface area (Å²) in [7, 11) is 0. The Hall–Kier alpha value is -3.05. The first-order chi connectivity index (χ1) is 13.5. The van der Waals surface area contributed by atoms with Gasteiger partial charge in [-0.3, -0.25) is 4.79 Å². The number of benzene rings is 2. The third kappa shape index (κ3) is 4.81. The molecule has 3 aromatic rings. The lowest BCUT2D eigenvalue weighted by Crippen LogP contribution is -2.11. The minimum Gasteiger partial charge on any atom is -0.489 e. The number of furan rings is 1. The van der Waals surface area contributed by atoms with E-state index in [0.29, 0.717) is 29.5 Å². The van der Waals surface area contributed by atoms with Gasteiger partial charge in [-0.15, -0.1) is 0 Å². The molecule has 0 unspecified atom stereocenters. The Morgan fingerprint density at radius 3 is 2.54 bits per heavy atom. The molecule has 1 amide bonds. The summed E-state index contributed by atoms with van der Waals surface area (Å²) in [6.45, 7) is 7.11. The Morgan fingerprint density at radius 2 is 1.89 bits per heavy atom. The molecule has 3 rings (SSSR count). The van der Waals surface area contributed by atoms with E-state index < -0.39 is 0 Å². The van der Waals surface area contributed by atoms with Crippen molar-refractivity contribution < 1.29 is 13.9 Å². The van der Waals surface area contributed by atoms with Gasteiger partial charge in [0.25, 0.3) is 5.91 Å². The molecule has 0 bridgehead atoms. The number of rotatable bonds is 7. The Bertz CT molecular complexity index is 943. The van der Waals surface area contributed by atoms with E-state index in [-0.39, 0.29) is 12.5 Å². The molecule has 5 heteroatoms. The van der Waals surface area contributed by atoms with E-state index >= 15 is 0 Å². The Balaban J connectivity index is 1.62. The minimum absolute atomic E-state index is 0.228. The van der Waals surface area contributed by atoms with Crippen molar-refractivity contribution in [3.63, 3.8) is 0 Å². The second-order valence-electron chi connectivity index (χ2n) is 7.14. The number of nitrogens with one attached hydrogen (secondary N) is 1. The lowest BCUT2D eigenvalue weighted by atomic mass is 10.0. The highest BCUT2D eigenvalue weighted by molar-refractivity contribution is 6.04. The van der Waals surface area contributed by atoms with Crippen LogP contribution in [0, 0.1) is 6.92 Å². The average Bonchev–Trinajstić information content (AvgIpc) is 3.17. The van der Waals surface area contributed by atoms with E-state index in [1.807, 2.05) is 24.3 Å². The maximum Gasteiger partial charge on any atom is 0.258 e. The molecule has 0 saturated carbocycles. The molecule has 3 N–H and O–H groups in total. The van der Waals surface area contributed by atoms with Crippen molar-refractivity contribution in [3.05, 3.63) is 82.8 Å². The minimum atomic E-state index is -0.228. The van der Waals surface area contributed by atoms with Gasteiger partial charge in [0.15, 0.2) is 0 Å². The first kappa shape index (κ1) is 19.7. The van der Waals surface area contributed by atoms with Gasteiger partial charge in [-0.2, -0.15) is 0 Å². The van der Waals surface area contributed by atoms with Gasteiger partial charge in [0.1, 0.15) is 24.4 Å². The first-order valence-electron chi connectivity index (χ1n) is 9.37. The molecule has 0 radical (unpaired) electrons. The molecular weight excluding hydrogens is 352 g/mol. The predicted octanol–water partition coefficient (Wildman–Crippen LogP) is 5.00. The second kappa shape index (κ2) is 8.76. The van der Waals surface area contributed by atoms with Crippen LogP contribution in [-0.2, 0) is 13.2 Å². The van der Waals surface area contributed by atoms with Gasteiger partial charge in [0.05, 0.1) is 12.1 Å². The van der Waals surface area contributed by atoms with Crippen LogP contribution in [0.3, 0.4) is 0 Å². The van der Waals surface area contributed by atoms with E-state index in [4.69, 9.17) is 14.9 Å². The molecule has 5 nitrogen and oxygen atoms in total. The van der Waals surface area contributed by atoms with Gasteiger partial charge in [-0.05, 0) is 53.8 Å². The number of hydrogen-bond donors (Lipinski definition) is 2. The zero-order valence-corrected chi connectivity index (χ0v) is 16.5. The van der Waals surface area contributed by atoms with Crippen molar-refractivity contribution in [1.29, 1.82) is 0 Å². The summed E-state index contributed by atoms with van der Waals surface area (Å²) in [4.78, 5) is 12.2. The third-order valence-electron chi connectivity index (χ3n) is 4.51. The standard InChI is InChI=1S/C23H26N2O3/c1-15(2)21-9-4-16(3)10-22(21)28-13-17-5-7-19(8-6-17)25-23(26)18-11-20(12-24)27-14-18/h4-11,14-15H,12-13,24H2,1-3H3,(H,25,26). The Morgan fingerprint density at radius 1 is 1.14 bits per heavy atom. The molecule has 146 valence electrons. The maximum absolute atomic E-state index is 12.2. The Labute approximate surface area is 165 Å². The number of amides is 1. The fourth-order valence-electron chi connectivity index (χ4n) is 2.90. The summed E-state index contributed by atoms with van der Waals surface area (Å²) in [5.74, 6) is 1.67. The first-order valence-corrected chi connectivity index (χ1v) is 9.37. The highest BCUT2D eigenvalue weighted by Gasteiger charge is 2.11. The van der Waals surface area contributed by atoms with Gasteiger partial charge in [-0.1, -0.05) is 38.1 Å². The zero-order chi connectivity index (χ0) is 20.1. The van der Waals surface area contributed by atoms with Crippen LogP contribution in [0.15, 0.2) is 59.2 Å². The van der Waals surface area contributed by atoms with Gasteiger partial charge < -0.3 is 20.2 Å². The number of hydrogen-bond acceptors (Lipinski definition) is 4. The monoisotopic (exact) mass is 378 g/mol. The van der Waals surface area contributed by atoms with Crippen molar-refractivity contribution in [2.45, 2.75) is 39.8 Å². The maximum atomic E-state index is 12.2. The number of nitrogens with two attached hydrogens (primary N) is 1. The summed E-state index contributed by atoms with van der Waals surface area (Å²) in [6.07, 6.45) is 1.41. The smallest absolute Gasteiger partial charge is 0.258 e. The van der Waals surface area contributed by atoms with Crippen molar-refractivity contribution in [2.24, 2.45) is 5.73 Å². The van der Waals surface area contributed by atoms with Gasteiger partial charge >= 0.3 is 0 Å². The third-order valence-corrected chi connectivity index (χ3v) is 4.51. The van der Waals surface area contributed by atoms with Crippen molar-refractivity contribution in [1.82, 2.24) is 0 Å². The topological polar surface area (TPSA) is 77.5 Å². The van der Waals surface area contributed by atoms with E-state index in [1.54, 1.807) is 6.07 Å². The largest absolute Gasteiger partial charge is 0.489 e. The van der Waals surface area contributed by atoms with Crippen LogP contribution in [-0.4, -0.2) is 5.91 Å². The molecule has 0 fully saturated rings. The number of ether oxygens (including phenoxy) is 1. The van der Waals surface area contributed by atoms with Gasteiger partial charge in [0, 0.05) is 5.69 Å². The number of anilines is 1. The lowest BCUT2D eigenvalue weighted by molar-refractivity contribution is 0.102. The molecule has 1 aromatic heterocycles. The molecule has 0 aliphatic heterocycles. The van der Waals surface area contributed by atoms with Crippen molar-refractivity contribution in [3.8, 4) is 5.75 Å². The van der Waals surface area contributed by atoms with Crippen molar-refractivity contribution >= 4 is 11.6 Å². The predicted molar refractivity (Wildman–Crippen MR) is 111 cm³/mol. The summed E-state index contributed by atoms with van der Waals surface area (Å²) in [5, 5.41) is 2.85. The van der Waals surface area contributed by atoms with Crippen LogP contribution in [0.1, 0.15) is 52.6 Å². The number of aryl methyl sites for hydroxylation is 1. The molecule has 28 heavy (non-hydrogen) atoms. The number of carbonyl (C=O) groups excluding carboxylic acids is 1. The molecule has 0 saturated heterocycles. The van der Waals surface area contributed by atoms with Crippen LogP contribution >= 0.6 is 0 Å². The summed E-state index contributed by atoms with van der Waals surface area (Å²) < 4.78 is 11.3. The van der Waals surface area contributed by atoms with Crippen LogP contribution in [0.2, 0.25) is 0 Å². The molecular formula is C23H26N2O3. The molecule has 0 atom stereocenters. The molecule has 0 aliphatic carbocycles. The number of carbonyl (C=O) groups is 1. The molecule has 0 aliphatic rings. The van der Waals surface area contributed by atoms with Crippen LogP contribution in [0.25, 0.3) is 0 Å². The fraction of sp³-hybridized carbons (Fsp3) is 0.261. The lowest BCUT2D eigenvalue weighted by Gasteiger charge is -2.15. The second-order valence-corrected chi connectivity index (χ2v) is 7.14. The molecule has 0 spiro atoms. The zero-order valence-electron chi connectivity index (χ0n) is 16.5. The van der Waals surface area contributed by atoms with Crippen LogP contribution in [0.4, 0.5) is 5.69 Å². The van der Waals surface area contributed by atoms with E-state index in [0.717, 1.165) is 11.3 Å². The molecule has 1 heterocycles. The van der Waals surface area contributed by atoms with E-state index in [9.17, 15) is 4.79 Å². The van der Waals surface area contributed by atoms with Crippen molar-refractivity contribution in [2.75, 3.05) is 5.32 Å². The summed E-state index contributed by atoms with van der Waals surface area (Å²) >= 11 is 0. The fourth-order valence-corrected chi connectivity index (χ4v) is 2.90. The van der Waals surface area contributed by atoms with E-state index in [1.165, 1.54) is 17.4 Å². The highest BCUT2D eigenvalue weighted by Crippen LogP contribution is 2.28. The van der Waals surface area contributed by atoms with Crippen LogP contribution in [0.5, 0.6) is 5.75 Å². The quantitative estimate of drug-likeness (QED) is 0.606. The SMILES string of the molecule is Cc1ccc(C(C)C)c(OCc2ccc(NC(=O)c3coc(CN)c3)cc2)c1. The highest BCUT2D eigenvalue weighted by atomic mass is 16.5. The van der Waals surface area contributed by atoms with E-state index in [2.05, 4.69) is 44.3 Å². The van der Waals surface area contributed by atoms with Gasteiger partial charge in [-0.25, -0.2) is 0 Å². The Kier molecular flexibility index (Phi) is 6.16. The summed E-state index contributed by atoms with van der Waals surface area (Å²) in [6, 6.07) is 15.6. The normalized spacial score (nSPS) is 10.9. The average molecular weight is 378 g/mol. The molecule has 2 aromatic carbocycles. The van der Waals surface area contributed by atoms with Crippen LogP contribution < -0.4 is 15.8 Å².